The number of likely N-dealkylation sites (tertiary alicyclic amines) is 1. The van der Waals surface area contributed by atoms with Crippen LogP contribution in [-0.4, -0.2) is 29.9 Å². The summed E-state index contributed by atoms with van der Waals surface area (Å²) in [7, 11) is 0. The number of amides is 1. The number of benzene rings is 2. The van der Waals surface area contributed by atoms with E-state index < -0.39 is 11.7 Å². The number of hydrogen-bond acceptors (Lipinski definition) is 2. The van der Waals surface area contributed by atoms with Crippen molar-refractivity contribution in [2.75, 3.05) is 13.1 Å². The van der Waals surface area contributed by atoms with Gasteiger partial charge in [0.1, 0.15) is 5.82 Å². The Kier molecular flexibility index (Phi) is 5.48. The van der Waals surface area contributed by atoms with Crippen LogP contribution in [0.4, 0.5) is 4.39 Å². The van der Waals surface area contributed by atoms with E-state index >= 15 is 0 Å². The zero-order valence-electron chi connectivity index (χ0n) is 13.3. The predicted octanol–water partition coefficient (Wildman–Crippen LogP) is 3.87. The Morgan fingerprint density at radius 2 is 1.83 bits per heavy atom. The van der Waals surface area contributed by atoms with Gasteiger partial charge in [0, 0.05) is 25.7 Å². The first kappa shape index (κ1) is 16.9. The van der Waals surface area contributed by atoms with Crippen LogP contribution in [0.1, 0.15) is 28.8 Å². The van der Waals surface area contributed by atoms with E-state index in [1.165, 1.54) is 23.8 Å². The lowest BCUT2D eigenvalue weighted by atomic mass is 10.0. The molecule has 0 bridgehead atoms. The zero-order chi connectivity index (χ0) is 16.9. The van der Waals surface area contributed by atoms with Crippen LogP contribution >= 0.6 is 11.6 Å². The van der Waals surface area contributed by atoms with Crippen molar-refractivity contribution < 1.29 is 9.18 Å². The van der Waals surface area contributed by atoms with Crippen molar-refractivity contribution in [3.63, 3.8) is 0 Å². The SMILES string of the molecule is O=C(NC1CCN(Cc2ccccc2)CC1)c1c(F)cccc1Cl. The second-order valence-corrected chi connectivity index (χ2v) is 6.51. The molecule has 1 N–H and O–H groups in total. The second-order valence-electron chi connectivity index (χ2n) is 6.11. The fraction of sp³-hybridized carbons (Fsp3) is 0.316. The maximum atomic E-state index is 13.8. The number of rotatable bonds is 4. The summed E-state index contributed by atoms with van der Waals surface area (Å²) in [5.41, 5.74) is 1.23. The fourth-order valence-electron chi connectivity index (χ4n) is 3.05. The van der Waals surface area contributed by atoms with Gasteiger partial charge in [0.05, 0.1) is 10.6 Å². The Hall–Kier alpha value is -1.91. The molecule has 1 heterocycles. The van der Waals surface area contributed by atoms with Crippen LogP contribution in [0.2, 0.25) is 5.02 Å². The number of halogens is 2. The monoisotopic (exact) mass is 346 g/mol. The van der Waals surface area contributed by atoms with Crippen LogP contribution in [-0.2, 0) is 6.54 Å². The Labute approximate surface area is 146 Å². The average molecular weight is 347 g/mol. The Balaban J connectivity index is 1.53. The standard InChI is InChI=1S/C19H20ClFN2O/c20-16-7-4-8-17(21)18(16)19(24)22-15-9-11-23(12-10-15)13-14-5-2-1-3-6-14/h1-8,15H,9-13H2,(H,22,24). The normalized spacial score (nSPS) is 16.1. The molecule has 2 aromatic rings. The molecule has 126 valence electrons. The van der Waals surface area contributed by atoms with Gasteiger partial charge in [-0.2, -0.15) is 0 Å². The van der Waals surface area contributed by atoms with E-state index in [2.05, 4.69) is 22.3 Å². The highest BCUT2D eigenvalue weighted by Crippen LogP contribution is 2.20. The van der Waals surface area contributed by atoms with Crippen LogP contribution in [0.5, 0.6) is 0 Å². The number of piperidine rings is 1. The molecule has 1 aliphatic heterocycles. The first-order valence-electron chi connectivity index (χ1n) is 8.14. The van der Waals surface area contributed by atoms with Crippen LogP contribution in [0, 0.1) is 5.82 Å². The second kappa shape index (κ2) is 7.77. The molecule has 24 heavy (non-hydrogen) atoms. The van der Waals surface area contributed by atoms with Gasteiger partial charge in [0.15, 0.2) is 0 Å². The first-order chi connectivity index (χ1) is 11.6. The molecule has 0 unspecified atom stereocenters. The van der Waals surface area contributed by atoms with E-state index in [1.807, 2.05) is 18.2 Å². The quantitative estimate of drug-likeness (QED) is 0.911. The van der Waals surface area contributed by atoms with E-state index in [0.717, 1.165) is 32.5 Å². The molecule has 1 amide bonds. The predicted molar refractivity (Wildman–Crippen MR) is 93.6 cm³/mol. The molecule has 1 fully saturated rings. The molecule has 1 aliphatic rings. The number of hydrogen-bond donors (Lipinski definition) is 1. The minimum atomic E-state index is -0.582. The third-order valence-corrected chi connectivity index (χ3v) is 4.68. The van der Waals surface area contributed by atoms with Gasteiger partial charge in [-0.05, 0) is 30.5 Å². The molecule has 3 nitrogen and oxygen atoms in total. The molecule has 0 aromatic heterocycles. The molecule has 3 rings (SSSR count). The topological polar surface area (TPSA) is 32.3 Å². The van der Waals surface area contributed by atoms with Gasteiger partial charge in [-0.25, -0.2) is 4.39 Å². The summed E-state index contributed by atoms with van der Waals surface area (Å²) in [6.07, 6.45) is 1.70. The lowest BCUT2D eigenvalue weighted by molar-refractivity contribution is 0.0905. The van der Waals surface area contributed by atoms with E-state index in [-0.39, 0.29) is 16.6 Å². The third-order valence-electron chi connectivity index (χ3n) is 4.36. The van der Waals surface area contributed by atoms with Crippen LogP contribution in [0.15, 0.2) is 48.5 Å². The highest BCUT2D eigenvalue weighted by atomic mass is 35.5. The molecule has 1 saturated heterocycles. The van der Waals surface area contributed by atoms with Crippen molar-refractivity contribution in [1.29, 1.82) is 0 Å². The molecular weight excluding hydrogens is 327 g/mol. The van der Waals surface area contributed by atoms with Crippen LogP contribution in [0.25, 0.3) is 0 Å². The van der Waals surface area contributed by atoms with Gasteiger partial charge in [-0.15, -0.1) is 0 Å². The maximum Gasteiger partial charge on any atom is 0.255 e. The van der Waals surface area contributed by atoms with Gasteiger partial charge < -0.3 is 5.32 Å². The summed E-state index contributed by atoms with van der Waals surface area (Å²) in [5, 5.41) is 3.06. The fourth-order valence-corrected chi connectivity index (χ4v) is 3.30. The van der Waals surface area contributed by atoms with Gasteiger partial charge >= 0.3 is 0 Å². The molecule has 0 aliphatic carbocycles. The minimum Gasteiger partial charge on any atom is -0.349 e. The summed E-state index contributed by atoms with van der Waals surface area (Å²) >= 11 is 5.95. The van der Waals surface area contributed by atoms with Crippen LogP contribution < -0.4 is 5.32 Å². The summed E-state index contributed by atoms with van der Waals surface area (Å²) < 4.78 is 13.8. The number of carbonyl (C=O) groups is 1. The van der Waals surface area contributed by atoms with Crippen molar-refractivity contribution in [2.24, 2.45) is 0 Å². The van der Waals surface area contributed by atoms with E-state index in [4.69, 9.17) is 11.6 Å². The number of carbonyl (C=O) groups excluding carboxylic acids is 1. The van der Waals surface area contributed by atoms with Crippen molar-refractivity contribution in [1.82, 2.24) is 10.2 Å². The third kappa shape index (κ3) is 4.13. The average Bonchev–Trinajstić information content (AvgIpc) is 2.57. The molecular formula is C19H20ClFN2O. The van der Waals surface area contributed by atoms with Crippen LogP contribution in [0.3, 0.4) is 0 Å². The highest BCUT2D eigenvalue weighted by molar-refractivity contribution is 6.33. The van der Waals surface area contributed by atoms with Crippen molar-refractivity contribution in [2.45, 2.75) is 25.4 Å². The van der Waals surface area contributed by atoms with Crippen molar-refractivity contribution in [3.8, 4) is 0 Å². The Bertz CT molecular complexity index is 680. The van der Waals surface area contributed by atoms with Crippen molar-refractivity contribution >= 4 is 17.5 Å². The van der Waals surface area contributed by atoms with E-state index in [0.29, 0.717) is 0 Å². The van der Waals surface area contributed by atoms with Crippen molar-refractivity contribution in [3.05, 3.63) is 70.5 Å². The summed E-state index contributed by atoms with van der Waals surface area (Å²) in [4.78, 5) is 14.6. The smallest absolute Gasteiger partial charge is 0.255 e. The molecule has 2 aromatic carbocycles. The largest absolute Gasteiger partial charge is 0.349 e. The number of nitrogens with one attached hydrogen (secondary N) is 1. The lowest BCUT2D eigenvalue weighted by Crippen LogP contribution is -2.44. The van der Waals surface area contributed by atoms with Gasteiger partial charge in [-0.3, -0.25) is 9.69 Å². The molecule has 0 atom stereocenters. The van der Waals surface area contributed by atoms with Gasteiger partial charge in [-0.1, -0.05) is 48.0 Å². The first-order valence-corrected chi connectivity index (χ1v) is 8.52. The van der Waals surface area contributed by atoms with Gasteiger partial charge in [0.25, 0.3) is 5.91 Å². The Morgan fingerprint density at radius 1 is 1.12 bits per heavy atom. The number of nitrogens with zero attached hydrogens (tertiary/aromatic N) is 1. The molecule has 0 saturated carbocycles. The molecule has 0 radical (unpaired) electrons. The lowest BCUT2D eigenvalue weighted by Gasteiger charge is -2.32. The highest BCUT2D eigenvalue weighted by Gasteiger charge is 2.23. The maximum absolute atomic E-state index is 13.8. The Morgan fingerprint density at radius 3 is 2.50 bits per heavy atom. The molecule has 0 spiro atoms. The molecule has 5 heteroatoms. The summed E-state index contributed by atoms with van der Waals surface area (Å²) in [5.74, 6) is -1.01. The minimum absolute atomic E-state index is 0.0557. The summed E-state index contributed by atoms with van der Waals surface area (Å²) in [6, 6.07) is 14.7. The van der Waals surface area contributed by atoms with E-state index in [9.17, 15) is 9.18 Å². The summed E-state index contributed by atoms with van der Waals surface area (Å²) in [6.45, 7) is 2.73. The van der Waals surface area contributed by atoms with Gasteiger partial charge in [0.2, 0.25) is 0 Å². The zero-order valence-corrected chi connectivity index (χ0v) is 14.1. The van der Waals surface area contributed by atoms with E-state index in [1.54, 1.807) is 0 Å².